The van der Waals surface area contributed by atoms with Crippen LogP contribution in [0.2, 0.25) is 0 Å². The third kappa shape index (κ3) is 3.16. The maximum atomic E-state index is 9.57. The van der Waals surface area contributed by atoms with Gasteiger partial charge < -0.3 is 19.4 Å². The van der Waals surface area contributed by atoms with Crippen molar-refractivity contribution in [2.75, 3.05) is 58.8 Å². The Balaban J connectivity index is 1.79. The first kappa shape index (κ1) is 15.8. The summed E-state index contributed by atoms with van der Waals surface area (Å²) in [6.45, 7) is 4.37. The van der Waals surface area contributed by atoms with Crippen molar-refractivity contribution < 1.29 is 4.74 Å². The van der Waals surface area contributed by atoms with E-state index in [1.807, 2.05) is 37.2 Å². The molecule has 2 heterocycles. The highest BCUT2D eigenvalue weighted by atomic mass is 16.5. The van der Waals surface area contributed by atoms with E-state index in [2.05, 4.69) is 27.9 Å². The zero-order chi connectivity index (χ0) is 16.4. The van der Waals surface area contributed by atoms with Gasteiger partial charge in [0.2, 0.25) is 0 Å². The molecule has 0 saturated carbocycles. The van der Waals surface area contributed by atoms with Gasteiger partial charge in [-0.25, -0.2) is 4.99 Å². The molecule has 23 heavy (non-hydrogen) atoms. The molecule has 6 nitrogen and oxygen atoms in total. The van der Waals surface area contributed by atoms with Gasteiger partial charge in [0.15, 0.2) is 0 Å². The number of anilines is 1. The maximum absolute atomic E-state index is 9.57. The first-order chi connectivity index (χ1) is 11.0. The Morgan fingerprint density at radius 3 is 2.78 bits per heavy atom. The molecule has 122 valence electrons. The number of ether oxygens (including phenoxy) is 1. The molecule has 6 heteroatoms. The van der Waals surface area contributed by atoms with E-state index < -0.39 is 0 Å². The fraction of sp³-hybridized carbons (Fsp3) is 0.529. The van der Waals surface area contributed by atoms with E-state index in [9.17, 15) is 5.26 Å². The topological polar surface area (TPSA) is 55.1 Å². The minimum Gasteiger partial charge on any atom is -0.369 e. The highest BCUT2D eigenvalue weighted by Gasteiger charge is 2.47. The average molecular weight is 313 g/mol. The van der Waals surface area contributed by atoms with E-state index in [0.717, 1.165) is 38.5 Å². The molecular formula is C17H23N5O. The molecule has 3 rings (SSSR count). The summed E-state index contributed by atoms with van der Waals surface area (Å²) in [5.41, 5.74) is 2.21. The number of likely N-dealkylation sites (N-methyl/N-ethyl adjacent to an activating group) is 1. The van der Waals surface area contributed by atoms with Crippen LogP contribution in [0.5, 0.6) is 0 Å². The zero-order valence-corrected chi connectivity index (χ0v) is 14.0. The number of nitriles is 1. The quantitative estimate of drug-likeness (QED) is 0.622. The van der Waals surface area contributed by atoms with Crippen LogP contribution in [0.4, 0.5) is 11.4 Å². The lowest BCUT2D eigenvalue weighted by Gasteiger charge is -2.54. The van der Waals surface area contributed by atoms with Gasteiger partial charge in [-0.15, -0.1) is 0 Å². The maximum Gasteiger partial charge on any atom is 0.116 e. The zero-order valence-electron chi connectivity index (χ0n) is 14.0. The lowest BCUT2D eigenvalue weighted by molar-refractivity contribution is -0.117. The summed E-state index contributed by atoms with van der Waals surface area (Å²) >= 11 is 0. The van der Waals surface area contributed by atoms with Crippen molar-refractivity contribution in [3.05, 3.63) is 23.8 Å². The number of benzene rings is 1. The van der Waals surface area contributed by atoms with Crippen LogP contribution in [-0.2, 0) is 4.74 Å². The molecule has 2 fully saturated rings. The van der Waals surface area contributed by atoms with Crippen LogP contribution in [0.3, 0.4) is 0 Å². The van der Waals surface area contributed by atoms with Crippen molar-refractivity contribution in [3.8, 4) is 6.07 Å². The number of hydrogen-bond donors (Lipinski definition) is 0. The monoisotopic (exact) mass is 313 g/mol. The number of morpholine rings is 1. The van der Waals surface area contributed by atoms with Gasteiger partial charge in [-0.1, -0.05) is 6.07 Å². The van der Waals surface area contributed by atoms with Crippen LogP contribution in [0.15, 0.2) is 23.2 Å². The summed E-state index contributed by atoms with van der Waals surface area (Å²) in [4.78, 5) is 10.8. The summed E-state index contributed by atoms with van der Waals surface area (Å²) in [5.74, 6) is 0. The normalized spacial score (nSPS) is 20.5. The third-order valence-electron chi connectivity index (χ3n) is 4.30. The molecule has 0 bridgehead atoms. The van der Waals surface area contributed by atoms with Gasteiger partial charge >= 0.3 is 0 Å². The highest BCUT2D eigenvalue weighted by molar-refractivity contribution is 5.74. The highest BCUT2D eigenvalue weighted by Crippen LogP contribution is 2.37. The van der Waals surface area contributed by atoms with Crippen LogP contribution in [0.25, 0.3) is 0 Å². The van der Waals surface area contributed by atoms with Crippen LogP contribution < -0.4 is 4.90 Å². The number of nitrogens with zero attached hydrogens (tertiary/aromatic N) is 5. The molecule has 0 N–H and O–H groups in total. The molecule has 0 aromatic heterocycles. The third-order valence-corrected chi connectivity index (χ3v) is 4.30. The molecule has 1 aromatic rings. The molecular weight excluding hydrogens is 290 g/mol. The first-order valence-electron chi connectivity index (χ1n) is 7.84. The minimum absolute atomic E-state index is 0.0807. The van der Waals surface area contributed by atoms with E-state index in [-0.39, 0.29) is 5.60 Å². The van der Waals surface area contributed by atoms with Crippen LogP contribution in [0.1, 0.15) is 5.56 Å². The van der Waals surface area contributed by atoms with Crippen molar-refractivity contribution in [1.29, 1.82) is 5.26 Å². The Morgan fingerprint density at radius 2 is 2.13 bits per heavy atom. The second-order valence-electron chi connectivity index (χ2n) is 6.62. The van der Waals surface area contributed by atoms with Crippen molar-refractivity contribution in [2.24, 2.45) is 4.99 Å². The average Bonchev–Trinajstić information content (AvgIpc) is 2.50. The van der Waals surface area contributed by atoms with Gasteiger partial charge in [0, 0.05) is 27.2 Å². The fourth-order valence-corrected chi connectivity index (χ4v) is 3.24. The van der Waals surface area contributed by atoms with Crippen molar-refractivity contribution in [1.82, 2.24) is 9.80 Å². The van der Waals surface area contributed by atoms with Crippen molar-refractivity contribution >= 4 is 17.7 Å². The molecule has 0 aliphatic carbocycles. The van der Waals surface area contributed by atoms with E-state index >= 15 is 0 Å². The Kier molecular flexibility index (Phi) is 4.24. The summed E-state index contributed by atoms with van der Waals surface area (Å²) < 4.78 is 6.00. The largest absolute Gasteiger partial charge is 0.369 e. The Bertz CT molecular complexity index is 643. The van der Waals surface area contributed by atoms with Gasteiger partial charge in [-0.2, -0.15) is 5.26 Å². The second-order valence-corrected chi connectivity index (χ2v) is 6.62. The lowest BCUT2D eigenvalue weighted by atomic mass is 9.90. The molecule has 2 aliphatic heterocycles. The van der Waals surface area contributed by atoms with E-state index in [4.69, 9.17) is 4.74 Å². The summed E-state index contributed by atoms with van der Waals surface area (Å²) in [6.07, 6.45) is 1.72. The standard InChI is InChI=1S/C17H23N5O/c1-20(2)13-19-15-5-4-6-16(14(15)9-18)22-11-17(12-22)10-21(3)7-8-23-17/h4-6,13H,7-8,10-12H2,1-3H3/b19-13+. The predicted molar refractivity (Wildman–Crippen MR) is 91.4 cm³/mol. The van der Waals surface area contributed by atoms with Gasteiger partial charge in [0.1, 0.15) is 17.2 Å². The number of aliphatic imine (C=N–C) groups is 1. The molecule has 0 amide bonds. The molecule has 2 saturated heterocycles. The second kappa shape index (κ2) is 6.19. The number of rotatable bonds is 3. The van der Waals surface area contributed by atoms with Gasteiger partial charge in [-0.3, -0.25) is 0 Å². The summed E-state index contributed by atoms with van der Waals surface area (Å²) in [5, 5.41) is 9.57. The SMILES string of the molecule is CN(C)/C=N/c1cccc(N2CC3(CN(C)CCO3)C2)c1C#N. The first-order valence-corrected chi connectivity index (χ1v) is 7.84. The predicted octanol–water partition coefficient (Wildman–Crippen LogP) is 1.30. The molecule has 1 spiro atoms. The molecule has 1 aromatic carbocycles. The van der Waals surface area contributed by atoms with Crippen LogP contribution >= 0.6 is 0 Å². The van der Waals surface area contributed by atoms with Gasteiger partial charge in [0.25, 0.3) is 0 Å². The minimum atomic E-state index is -0.0807. The fourth-order valence-electron chi connectivity index (χ4n) is 3.24. The Morgan fingerprint density at radius 1 is 1.35 bits per heavy atom. The van der Waals surface area contributed by atoms with Crippen LogP contribution in [-0.4, -0.2) is 75.7 Å². The van der Waals surface area contributed by atoms with Crippen molar-refractivity contribution in [2.45, 2.75) is 5.60 Å². The molecule has 0 unspecified atom stereocenters. The van der Waals surface area contributed by atoms with Crippen LogP contribution in [0, 0.1) is 11.3 Å². The summed E-state index contributed by atoms with van der Waals surface area (Å²) in [6, 6.07) is 8.14. The Labute approximate surface area is 137 Å². The van der Waals surface area contributed by atoms with Crippen molar-refractivity contribution in [3.63, 3.8) is 0 Å². The van der Waals surface area contributed by atoms with E-state index in [0.29, 0.717) is 11.3 Å². The van der Waals surface area contributed by atoms with E-state index in [1.54, 1.807) is 6.34 Å². The van der Waals surface area contributed by atoms with Gasteiger partial charge in [0.05, 0.1) is 37.4 Å². The van der Waals surface area contributed by atoms with E-state index in [1.165, 1.54) is 0 Å². The summed E-state index contributed by atoms with van der Waals surface area (Å²) in [7, 11) is 5.95. The lowest BCUT2D eigenvalue weighted by Crippen LogP contribution is -2.70. The molecule has 0 radical (unpaired) electrons. The smallest absolute Gasteiger partial charge is 0.116 e. The van der Waals surface area contributed by atoms with Gasteiger partial charge in [-0.05, 0) is 19.2 Å². The Hall–Kier alpha value is -2.10. The number of hydrogen-bond acceptors (Lipinski definition) is 5. The molecule has 0 atom stereocenters. The molecule has 2 aliphatic rings.